The molecule has 2 heteroatoms. The van der Waals surface area contributed by atoms with Gasteiger partial charge in [-0.25, -0.2) is 0 Å². The highest BCUT2D eigenvalue weighted by atomic mass is 16.1. The van der Waals surface area contributed by atoms with E-state index in [-0.39, 0.29) is 0 Å². The van der Waals surface area contributed by atoms with Crippen molar-refractivity contribution >= 4 is 44.9 Å². The smallest absolute Gasteiger partial charge is 0.151 e. The highest BCUT2D eigenvalue weighted by Gasteiger charge is 2.05. The fourth-order valence-corrected chi connectivity index (χ4v) is 3.53. The molecule has 0 fully saturated rings. The first-order valence-electron chi connectivity index (χ1n) is 9.10. The predicted octanol–water partition coefficient (Wildman–Crippen LogP) is 6.46. The zero-order chi connectivity index (χ0) is 19.3. The minimum Gasteiger partial charge on any atom is -0.298 e. The van der Waals surface area contributed by atoms with Gasteiger partial charge in [0.2, 0.25) is 0 Å². The van der Waals surface area contributed by atoms with Crippen molar-refractivity contribution in [3.63, 3.8) is 0 Å². The van der Waals surface area contributed by atoms with Crippen molar-refractivity contribution in [2.24, 2.45) is 0 Å². The Bertz CT molecular complexity index is 1240. The predicted molar refractivity (Wildman–Crippen MR) is 116 cm³/mol. The largest absolute Gasteiger partial charge is 0.298 e. The summed E-state index contributed by atoms with van der Waals surface area (Å²) < 4.78 is 0. The highest BCUT2D eigenvalue weighted by Crippen LogP contribution is 2.26. The van der Waals surface area contributed by atoms with Crippen LogP contribution in [0.15, 0.2) is 97.1 Å². The summed E-state index contributed by atoms with van der Waals surface area (Å²) in [5, 5.41) is 6.41. The third kappa shape index (κ3) is 3.28. The zero-order valence-corrected chi connectivity index (χ0v) is 15.2. The van der Waals surface area contributed by atoms with Crippen molar-refractivity contribution in [3.05, 3.63) is 108 Å². The molecule has 0 aliphatic carbocycles. The fourth-order valence-electron chi connectivity index (χ4n) is 3.53. The molecule has 0 bridgehead atoms. The lowest BCUT2D eigenvalue weighted by Crippen LogP contribution is -1.86. The maximum Gasteiger partial charge on any atom is 0.151 e. The average molecular weight is 362 g/mol. The molecule has 0 aliphatic rings. The van der Waals surface area contributed by atoms with Crippen LogP contribution in [-0.2, 0) is 0 Å². The molecule has 0 saturated carbocycles. The Morgan fingerprint density at radius 2 is 0.964 bits per heavy atom. The quantitative estimate of drug-likeness (QED) is 0.267. The first kappa shape index (κ1) is 17.6. The first-order chi connectivity index (χ1) is 13.8. The maximum atomic E-state index is 11.2. The second-order valence-electron chi connectivity index (χ2n) is 6.54. The molecule has 0 unspecified atom stereocenters. The Kier molecular flexibility index (Phi) is 4.94. The standard InChI is InChI=1S/C15H10O.C11H8O/c16-10-15-13-7-3-1-5-11(13)9-12-6-2-4-8-14(12)15;12-8-10-6-3-5-9-4-1-2-7-11(9)10/h1-10H;1-8H. The lowest BCUT2D eigenvalue weighted by atomic mass is 9.98. The van der Waals surface area contributed by atoms with Crippen LogP contribution in [0, 0.1) is 0 Å². The first-order valence-corrected chi connectivity index (χ1v) is 9.10. The van der Waals surface area contributed by atoms with Crippen molar-refractivity contribution in [1.29, 1.82) is 0 Å². The van der Waals surface area contributed by atoms with E-state index in [1.165, 1.54) is 0 Å². The molecular formula is C26H18O2. The van der Waals surface area contributed by atoms with Gasteiger partial charge in [-0.1, -0.05) is 91.0 Å². The van der Waals surface area contributed by atoms with Gasteiger partial charge in [0.05, 0.1) is 0 Å². The molecule has 0 amide bonds. The number of aldehydes is 2. The number of carbonyl (C=O) groups excluding carboxylic acids is 2. The Balaban J connectivity index is 0.000000143. The Hall–Kier alpha value is -3.78. The number of fused-ring (bicyclic) bond motifs is 3. The highest BCUT2D eigenvalue weighted by molar-refractivity contribution is 6.12. The minimum absolute atomic E-state index is 0.758. The number of carbonyl (C=O) groups is 2. The lowest BCUT2D eigenvalue weighted by Gasteiger charge is -2.05. The molecule has 0 saturated heterocycles. The van der Waals surface area contributed by atoms with Gasteiger partial charge in [-0.2, -0.15) is 0 Å². The van der Waals surface area contributed by atoms with Crippen LogP contribution in [0.25, 0.3) is 32.3 Å². The van der Waals surface area contributed by atoms with Crippen LogP contribution in [-0.4, -0.2) is 12.6 Å². The van der Waals surface area contributed by atoms with Gasteiger partial charge in [0.1, 0.15) is 0 Å². The van der Waals surface area contributed by atoms with Crippen LogP contribution >= 0.6 is 0 Å². The molecular weight excluding hydrogens is 344 g/mol. The summed E-state index contributed by atoms with van der Waals surface area (Å²) in [6.07, 6.45) is 1.84. The van der Waals surface area contributed by atoms with Crippen LogP contribution in [0.2, 0.25) is 0 Å². The van der Waals surface area contributed by atoms with Crippen molar-refractivity contribution in [3.8, 4) is 0 Å². The monoisotopic (exact) mass is 362 g/mol. The summed E-state index contributed by atoms with van der Waals surface area (Å²) in [4.78, 5) is 21.9. The van der Waals surface area contributed by atoms with E-state index in [1.807, 2.05) is 91.0 Å². The van der Waals surface area contributed by atoms with Gasteiger partial charge in [0.25, 0.3) is 0 Å². The van der Waals surface area contributed by atoms with Crippen molar-refractivity contribution in [2.45, 2.75) is 0 Å². The Labute approximate surface area is 163 Å². The zero-order valence-electron chi connectivity index (χ0n) is 15.2. The van der Waals surface area contributed by atoms with Gasteiger partial charge in [0, 0.05) is 11.1 Å². The van der Waals surface area contributed by atoms with E-state index in [4.69, 9.17) is 0 Å². The number of rotatable bonds is 2. The van der Waals surface area contributed by atoms with Crippen molar-refractivity contribution < 1.29 is 9.59 Å². The average Bonchev–Trinajstić information content (AvgIpc) is 2.77. The summed E-state index contributed by atoms with van der Waals surface area (Å²) >= 11 is 0. The van der Waals surface area contributed by atoms with Crippen LogP contribution in [0.5, 0.6) is 0 Å². The van der Waals surface area contributed by atoms with E-state index < -0.39 is 0 Å². The van der Waals surface area contributed by atoms with Gasteiger partial charge in [-0.15, -0.1) is 0 Å². The second-order valence-corrected chi connectivity index (χ2v) is 6.54. The molecule has 5 aromatic carbocycles. The topological polar surface area (TPSA) is 34.1 Å². The normalized spacial score (nSPS) is 10.4. The number of hydrogen-bond donors (Lipinski definition) is 0. The molecule has 134 valence electrons. The maximum absolute atomic E-state index is 11.2. The molecule has 0 aliphatic heterocycles. The molecule has 0 radical (unpaired) electrons. The Morgan fingerprint density at radius 1 is 0.464 bits per heavy atom. The summed E-state index contributed by atoms with van der Waals surface area (Å²) in [6, 6.07) is 31.7. The van der Waals surface area contributed by atoms with Gasteiger partial charge in [-0.3, -0.25) is 9.59 Å². The summed E-state index contributed by atoms with van der Waals surface area (Å²) in [7, 11) is 0. The minimum atomic E-state index is 0.758. The summed E-state index contributed by atoms with van der Waals surface area (Å²) in [6.45, 7) is 0. The van der Waals surface area contributed by atoms with E-state index in [1.54, 1.807) is 0 Å². The van der Waals surface area contributed by atoms with Gasteiger partial charge < -0.3 is 0 Å². The third-order valence-electron chi connectivity index (χ3n) is 4.88. The Morgan fingerprint density at radius 3 is 1.54 bits per heavy atom. The van der Waals surface area contributed by atoms with Crippen LogP contribution in [0.4, 0.5) is 0 Å². The van der Waals surface area contributed by atoms with Gasteiger partial charge >= 0.3 is 0 Å². The molecule has 2 nitrogen and oxygen atoms in total. The van der Waals surface area contributed by atoms with E-state index in [9.17, 15) is 9.59 Å². The molecule has 5 rings (SSSR count). The summed E-state index contributed by atoms with van der Waals surface area (Å²) in [5.74, 6) is 0. The second kappa shape index (κ2) is 7.85. The van der Waals surface area contributed by atoms with Crippen LogP contribution < -0.4 is 0 Å². The SMILES string of the molecule is O=Cc1c2ccccc2cc2ccccc12.O=Cc1cccc2ccccc12. The molecule has 5 aromatic rings. The van der Waals surface area contributed by atoms with E-state index in [0.29, 0.717) is 0 Å². The lowest BCUT2D eigenvalue weighted by molar-refractivity contribution is 0.111. The van der Waals surface area contributed by atoms with Crippen molar-refractivity contribution in [2.75, 3.05) is 0 Å². The molecule has 0 spiro atoms. The molecule has 0 N–H and O–H groups in total. The third-order valence-corrected chi connectivity index (χ3v) is 4.88. The van der Waals surface area contributed by atoms with Gasteiger partial charge in [-0.05, 0) is 38.4 Å². The molecule has 28 heavy (non-hydrogen) atoms. The van der Waals surface area contributed by atoms with E-state index >= 15 is 0 Å². The fraction of sp³-hybridized carbons (Fsp3) is 0. The molecule has 0 heterocycles. The van der Waals surface area contributed by atoms with E-state index in [0.717, 1.165) is 56.0 Å². The number of benzene rings is 5. The summed E-state index contributed by atoms with van der Waals surface area (Å²) in [5.41, 5.74) is 1.54. The van der Waals surface area contributed by atoms with Crippen LogP contribution in [0.1, 0.15) is 20.7 Å². The molecule has 0 atom stereocenters. The molecule has 0 aromatic heterocycles. The number of hydrogen-bond acceptors (Lipinski definition) is 2. The van der Waals surface area contributed by atoms with Gasteiger partial charge in [0.15, 0.2) is 12.6 Å². The van der Waals surface area contributed by atoms with Crippen molar-refractivity contribution in [1.82, 2.24) is 0 Å². The van der Waals surface area contributed by atoms with E-state index in [2.05, 4.69) is 6.07 Å². The van der Waals surface area contributed by atoms with Crippen LogP contribution in [0.3, 0.4) is 0 Å².